The number of hydrogen-bond acceptors (Lipinski definition) is 3. The number of rotatable bonds is 4. The van der Waals surface area contributed by atoms with Crippen molar-refractivity contribution in [2.75, 3.05) is 45.9 Å². The molecule has 23 heavy (non-hydrogen) atoms. The van der Waals surface area contributed by atoms with Gasteiger partial charge < -0.3 is 15.0 Å². The average molecular weight is 436 g/mol. The molecule has 134 valence electrons. The van der Waals surface area contributed by atoms with Gasteiger partial charge in [0.2, 0.25) is 0 Å². The van der Waals surface area contributed by atoms with Gasteiger partial charge in [-0.1, -0.05) is 6.42 Å². The van der Waals surface area contributed by atoms with E-state index < -0.39 is 0 Å². The zero-order valence-electron chi connectivity index (χ0n) is 14.5. The first-order chi connectivity index (χ1) is 10.9. The van der Waals surface area contributed by atoms with Crippen LogP contribution in [0.4, 0.5) is 0 Å². The number of halogens is 1. The lowest BCUT2D eigenvalue weighted by Gasteiger charge is -2.32. The normalized spacial score (nSPS) is 29.6. The molecule has 1 N–H and O–H groups in total. The first-order valence-corrected chi connectivity index (χ1v) is 9.25. The second kappa shape index (κ2) is 10.0. The lowest BCUT2D eigenvalue weighted by Crippen LogP contribution is -2.44. The molecule has 0 bridgehead atoms. The molecule has 0 aliphatic carbocycles. The summed E-state index contributed by atoms with van der Waals surface area (Å²) in [5.41, 5.74) is 0. The number of ether oxygens (including phenoxy) is 1. The highest BCUT2D eigenvalue weighted by Crippen LogP contribution is 2.20. The smallest absolute Gasteiger partial charge is 0.194 e. The third-order valence-corrected chi connectivity index (χ3v) is 5.17. The van der Waals surface area contributed by atoms with Crippen LogP contribution in [-0.4, -0.2) is 73.8 Å². The quantitative estimate of drug-likeness (QED) is 0.417. The first kappa shape index (κ1) is 19.2. The van der Waals surface area contributed by atoms with Gasteiger partial charge in [-0.15, -0.1) is 24.0 Å². The Labute approximate surface area is 158 Å². The maximum Gasteiger partial charge on any atom is 0.194 e. The van der Waals surface area contributed by atoms with Gasteiger partial charge in [0, 0.05) is 32.3 Å². The summed E-state index contributed by atoms with van der Waals surface area (Å²) in [4.78, 5) is 10.0. The maximum absolute atomic E-state index is 5.70. The predicted octanol–water partition coefficient (Wildman–Crippen LogP) is 2.31. The van der Waals surface area contributed by atoms with Gasteiger partial charge in [-0.05, 0) is 52.1 Å². The molecule has 0 radical (unpaired) electrons. The number of nitrogens with one attached hydrogen (secondary N) is 1. The second-order valence-electron chi connectivity index (χ2n) is 6.81. The standard InChI is InChI=1S/C17H32N4O.HI/c1-2-18-17(19-13-16-7-6-12-22-16)21-11-8-15(14-21)20-9-4-3-5-10-20;/h15-16H,2-14H2,1H3,(H,18,19);1H. The van der Waals surface area contributed by atoms with E-state index in [4.69, 9.17) is 9.73 Å². The fourth-order valence-electron chi connectivity index (χ4n) is 3.92. The van der Waals surface area contributed by atoms with E-state index in [2.05, 4.69) is 22.0 Å². The Morgan fingerprint density at radius 1 is 1.13 bits per heavy atom. The number of hydrogen-bond donors (Lipinski definition) is 1. The Morgan fingerprint density at radius 2 is 1.96 bits per heavy atom. The Kier molecular flexibility index (Phi) is 8.40. The molecule has 0 amide bonds. The molecule has 3 rings (SSSR count). The molecule has 6 heteroatoms. The van der Waals surface area contributed by atoms with E-state index in [1.807, 2.05) is 0 Å². The highest BCUT2D eigenvalue weighted by molar-refractivity contribution is 14.0. The molecule has 2 unspecified atom stereocenters. The molecule has 3 heterocycles. The third kappa shape index (κ3) is 5.46. The van der Waals surface area contributed by atoms with Crippen LogP contribution in [0.25, 0.3) is 0 Å². The Balaban J connectivity index is 0.00000192. The Morgan fingerprint density at radius 3 is 2.65 bits per heavy atom. The highest BCUT2D eigenvalue weighted by atomic mass is 127. The molecule has 2 atom stereocenters. The molecule has 5 nitrogen and oxygen atoms in total. The molecule has 0 aromatic heterocycles. The third-order valence-electron chi connectivity index (χ3n) is 5.17. The summed E-state index contributed by atoms with van der Waals surface area (Å²) in [5.74, 6) is 1.09. The van der Waals surface area contributed by atoms with Crippen LogP contribution in [-0.2, 0) is 4.74 Å². The fraction of sp³-hybridized carbons (Fsp3) is 0.941. The van der Waals surface area contributed by atoms with Gasteiger partial charge in [0.25, 0.3) is 0 Å². The topological polar surface area (TPSA) is 40.1 Å². The molecule has 0 aromatic rings. The lowest BCUT2D eigenvalue weighted by atomic mass is 10.1. The molecule has 3 saturated heterocycles. The van der Waals surface area contributed by atoms with Crippen molar-refractivity contribution in [2.45, 2.75) is 57.6 Å². The van der Waals surface area contributed by atoms with Crippen LogP contribution in [0.15, 0.2) is 4.99 Å². The first-order valence-electron chi connectivity index (χ1n) is 9.25. The van der Waals surface area contributed by atoms with Gasteiger partial charge in [0.15, 0.2) is 5.96 Å². The van der Waals surface area contributed by atoms with Crippen molar-refractivity contribution < 1.29 is 4.74 Å². The Bertz CT molecular complexity index is 368. The minimum Gasteiger partial charge on any atom is -0.376 e. The summed E-state index contributed by atoms with van der Waals surface area (Å²) >= 11 is 0. The van der Waals surface area contributed by atoms with Gasteiger partial charge in [0.1, 0.15) is 0 Å². The zero-order chi connectivity index (χ0) is 15.2. The SMILES string of the molecule is CCNC(=NCC1CCCO1)N1CCC(N2CCCCC2)C1.I. The predicted molar refractivity (Wildman–Crippen MR) is 106 cm³/mol. The van der Waals surface area contributed by atoms with Crippen LogP contribution in [0.1, 0.15) is 45.4 Å². The van der Waals surface area contributed by atoms with E-state index >= 15 is 0 Å². The average Bonchev–Trinajstić information content (AvgIpc) is 3.24. The van der Waals surface area contributed by atoms with Crippen molar-refractivity contribution in [1.29, 1.82) is 0 Å². The monoisotopic (exact) mass is 436 g/mol. The van der Waals surface area contributed by atoms with E-state index in [9.17, 15) is 0 Å². The summed E-state index contributed by atoms with van der Waals surface area (Å²) in [6.45, 7) is 9.68. The van der Waals surface area contributed by atoms with Crippen LogP contribution in [0, 0.1) is 0 Å². The molecule has 3 fully saturated rings. The van der Waals surface area contributed by atoms with E-state index in [0.717, 1.165) is 44.8 Å². The minimum atomic E-state index is 0. The maximum atomic E-state index is 5.70. The van der Waals surface area contributed by atoms with E-state index in [1.54, 1.807) is 0 Å². The van der Waals surface area contributed by atoms with E-state index in [0.29, 0.717) is 6.10 Å². The number of aliphatic imine (C=N–C) groups is 1. The summed E-state index contributed by atoms with van der Waals surface area (Å²) in [6.07, 6.45) is 8.15. The van der Waals surface area contributed by atoms with Crippen LogP contribution in [0.3, 0.4) is 0 Å². The largest absolute Gasteiger partial charge is 0.376 e. The fourth-order valence-corrected chi connectivity index (χ4v) is 3.92. The van der Waals surface area contributed by atoms with Crippen molar-refractivity contribution in [3.8, 4) is 0 Å². The molecule has 0 saturated carbocycles. The van der Waals surface area contributed by atoms with Crippen molar-refractivity contribution in [3.63, 3.8) is 0 Å². The molecular formula is C17H33IN4O. The number of likely N-dealkylation sites (tertiary alicyclic amines) is 2. The highest BCUT2D eigenvalue weighted by Gasteiger charge is 2.30. The van der Waals surface area contributed by atoms with Gasteiger partial charge in [-0.2, -0.15) is 0 Å². The van der Waals surface area contributed by atoms with Crippen molar-refractivity contribution in [3.05, 3.63) is 0 Å². The van der Waals surface area contributed by atoms with Crippen LogP contribution < -0.4 is 5.32 Å². The lowest BCUT2D eigenvalue weighted by molar-refractivity contribution is 0.117. The van der Waals surface area contributed by atoms with Crippen LogP contribution in [0.2, 0.25) is 0 Å². The molecule has 3 aliphatic heterocycles. The summed E-state index contributed by atoms with van der Waals surface area (Å²) < 4.78 is 5.70. The molecular weight excluding hydrogens is 403 g/mol. The minimum absolute atomic E-state index is 0. The van der Waals surface area contributed by atoms with Gasteiger partial charge in [-0.3, -0.25) is 9.89 Å². The molecule has 0 spiro atoms. The Hall–Kier alpha value is -0.0800. The number of piperidine rings is 1. The number of nitrogens with zero attached hydrogens (tertiary/aromatic N) is 3. The van der Waals surface area contributed by atoms with Gasteiger partial charge in [0.05, 0.1) is 12.6 Å². The van der Waals surface area contributed by atoms with Gasteiger partial charge >= 0.3 is 0 Å². The molecule has 3 aliphatic rings. The van der Waals surface area contributed by atoms with E-state index in [-0.39, 0.29) is 24.0 Å². The zero-order valence-corrected chi connectivity index (χ0v) is 16.8. The van der Waals surface area contributed by atoms with Crippen molar-refractivity contribution >= 4 is 29.9 Å². The summed E-state index contributed by atoms with van der Waals surface area (Å²) in [7, 11) is 0. The van der Waals surface area contributed by atoms with Gasteiger partial charge in [-0.25, -0.2) is 0 Å². The van der Waals surface area contributed by atoms with Crippen LogP contribution >= 0.6 is 24.0 Å². The summed E-state index contributed by atoms with van der Waals surface area (Å²) in [6, 6.07) is 0.729. The van der Waals surface area contributed by atoms with Crippen LogP contribution in [0.5, 0.6) is 0 Å². The molecule has 0 aromatic carbocycles. The summed E-state index contributed by atoms with van der Waals surface area (Å²) in [5, 5.41) is 3.47. The number of guanidine groups is 1. The van der Waals surface area contributed by atoms with Crippen molar-refractivity contribution in [2.24, 2.45) is 4.99 Å². The second-order valence-corrected chi connectivity index (χ2v) is 6.81. The van der Waals surface area contributed by atoms with Crippen molar-refractivity contribution in [1.82, 2.24) is 15.1 Å². The van der Waals surface area contributed by atoms with E-state index in [1.165, 1.54) is 51.6 Å².